The summed E-state index contributed by atoms with van der Waals surface area (Å²) in [5, 5.41) is 12.7. The number of nitrogens with one attached hydrogen (secondary N) is 1. The number of hydrogen-bond acceptors (Lipinski definition) is 7. The van der Waals surface area contributed by atoms with Crippen molar-refractivity contribution in [1.82, 2.24) is 15.1 Å². The predicted octanol–water partition coefficient (Wildman–Crippen LogP) is 2.25. The second kappa shape index (κ2) is 7.99. The van der Waals surface area contributed by atoms with Crippen LogP contribution < -0.4 is 14.8 Å². The van der Waals surface area contributed by atoms with Gasteiger partial charge in [-0.05, 0) is 25.7 Å². The second-order valence-corrected chi connectivity index (χ2v) is 7.34. The summed E-state index contributed by atoms with van der Waals surface area (Å²) in [6.07, 6.45) is 0.927. The quantitative estimate of drug-likeness (QED) is 0.825. The zero-order valence-corrected chi connectivity index (χ0v) is 15.6. The second-order valence-electron chi connectivity index (χ2n) is 5.87. The standard InChI is InChI=1S/C16H19ClN4O3S/c1-21(2)4-3-15-19-20-16(25-15)18-14(22)8-10-7-12-13(9-11(10)17)24-6-5-23-12/h7,9H,3-6,8H2,1-2H3,(H,18,20,22). The number of nitrogens with zero attached hydrogens (tertiary/aromatic N) is 3. The third-order valence-corrected chi connectivity index (χ3v) is 4.80. The Balaban J connectivity index is 1.61. The molecule has 1 N–H and O–H groups in total. The Labute approximate surface area is 154 Å². The van der Waals surface area contributed by atoms with Crippen LogP contribution >= 0.6 is 22.9 Å². The fourth-order valence-corrected chi connectivity index (χ4v) is 3.27. The van der Waals surface area contributed by atoms with Gasteiger partial charge in [0, 0.05) is 24.1 Å². The normalized spacial score (nSPS) is 13.1. The van der Waals surface area contributed by atoms with Gasteiger partial charge in [-0.2, -0.15) is 0 Å². The molecule has 134 valence electrons. The zero-order valence-electron chi connectivity index (χ0n) is 14.0. The van der Waals surface area contributed by atoms with Crippen LogP contribution in [0.1, 0.15) is 10.6 Å². The number of likely N-dealkylation sites (N-methyl/N-ethyl adjacent to an activating group) is 1. The van der Waals surface area contributed by atoms with Crippen LogP contribution in [-0.4, -0.2) is 54.9 Å². The lowest BCUT2D eigenvalue weighted by atomic mass is 10.1. The number of benzene rings is 1. The number of fused-ring (bicyclic) bond motifs is 1. The lowest BCUT2D eigenvalue weighted by molar-refractivity contribution is -0.115. The molecule has 2 heterocycles. The molecular formula is C16H19ClN4O3S. The molecule has 0 saturated carbocycles. The molecule has 1 amide bonds. The van der Waals surface area contributed by atoms with Crippen LogP contribution in [0.5, 0.6) is 11.5 Å². The summed E-state index contributed by atoms with van der Waals surface area (Å²) in [7, 11) is 4.00. The lowest BCUT2D eigenvalue weighted by Gasteiger charge is -2.19. The van der Waals surface area contributed by atoms with E-state index in [1.165, 1.54) is 11.3 Å². The van der Waals surface area contributed by atoms with Gasteiger partial charge in [-0.15, -0.1) is 10.2 Å². The van der Waals surface area contributed by atoms with Crippen LogP contribution in [0.25, 0.3) is 0 Å². The third kappa shape index (κ3) is 4.81. The Morgan fingerprint density at radius 2 is 2.00 bits per heavy atom. The van der Waals surface area contributed by atoms with Crippen molar-refractivity contribution in [3.8, 4) is 11.5 Å². The molecule has 0 bridgehead atoms. The van der Waals surface area contributed by atoms with Crippen LogP contribution in [0.15, 0.2) is 12.1 Å². The number of halogens is 1. The molecule has 0 spiro atoms. The minimum absolute atomic E-state index is 0.127. The van der Waals surface area contributed by atoms with Gasteiger partial charge in [0.2, 0.25) is 11.0 Å². The average molecular weight is 383 g/mol. The third-order valence-electron chi connectivity index (χ3n) is 3.55. The van der Waals surface area contributed by atoms with Crippen LogP contribution in [-0.2, 0) is 17.6 Å². The molecule has 7 nitrogen and oxygen atoms in total. The first-order valence-corrected chi connectivity index (χ1v) is 9.05. The van der Waals surface area contributed by atoms with Gasteiger partial charge in [-0.1, -0.05) is 22.9 Å². The van der Waals surface area contributed by atoms with E-state index in [0.717, 1.165) is 18.0 Å². The van der Waals surface area contributed by atoms with E-state index >= 15 is 0 Å². The molecule has 25 heavy (non-hydrogen) atoms. The van der Waals surface area contributed by atoms with E-state index in [1.807, 2.05) is 14.1 Å². The maximum absolute atomic E-state index is 12.3. The maximum atomic E-state index is 12.3. The average Bonchev–Trinajstić information content (AvgIpc) is 3.01. The first-order valence-electron chi connectivity index (χ1n) is 7.86. The molecule has 0 atom stereocenters. The first-order chi connectivity index (χ1) is 12.0. The van der Waals surface area contributed by atoms with Crippen molar-refractivity contribution >= 4 is 34.0 Å². The van der Waals surface area contributed by atoms with Crippen LogP contribution in [0.2, 0.25) is 5.02 Å². The van der Waals surface area contributed by atoms with Crippen molar-refractivity contribution in [3.05, 3.63) is 27.7 Å². The molecule has 0 fully saturated rings. The number of ether oxygens (including phenoxy) is 2. The Hall–Kier alpha value is -1.90. The largest absolute Gasteiger partial charge is 0.486 e. The van der Waals surface area contributed by atoms with Gasteiger partial charge in [0.25, 0.3) is 0 Å². The first kappa shape index (κ1) is 17.9. The van der Waals surface area contributed by atoms with E-state index < -0.39 is 0 Å². The van der Waals surface area contributed by atoms with Gasteiger partial charge in [-0.25, -0.2) is 0 Å². The van der Waals surface area contributed by atoms with Crippen molar-refractivity contribution in [2.45, 2.75) is 12.8 Å². The molecule has 0 unspecified atom stereocenters. The number of aromatic nitrogens is 2. The Bertz CT molecular complexity index is 766. The van der Waals surface area contributed by atoms with E-state index in [0.29, 0.717) is 40.4 Å². The van der Waals surface area contributed by atoms with Crippen molar-refractivity contribution in [2.24, 2.45) is 0 Å². The van der Waals surface area contributed by atoms with E-state index in [1.54, 1.807) is 12.1 Å². The number of rotatable bonds is 6. The molecule has 1 aliphatic heterocycles. The number of hydrogen-bond donors (Lipinski definition) is 1. The highest BCUT2D eigenvalue weighted by Gasteiger charge is 2.17. The monoisotopic (exact) mass is 382 g/mol. The van der Waals surface area contributed by atoms with E-state index in [9.17, 15) is 4.79 Å². The maximum Gasteiger partial charge on any atom is 0.230 e. The van der Waals surface area contributed by atoms with E-state index in [-0.39, 0.29) is 12.3 Å². The highest BCUT2D eigenvalue weighted by atomic mass is 35.5. The zero-order chi connectivity index (χ0) is 17.8. The topological polar surface area (TPSA) is 76.6 Å². The van der Waals surface area contributed by atoms with E-state index in [4.69, 9.17) is 21.1 Å². The lowest BCUT2D eigenvalue weighted by Crippen LogP contribution is -2.17. The molecule has 3 rings (SSSR count). The highest BCUT2D eigenvalue weighted by Crippen LogP contribution is 2.35. The smallest absolute Gasteiger partial charge is 0.230 e. The van der Waals surface area contributed by atoms with E-state index in [2.05, 4.69) is 20.4 Å². The van der Waals surface area contributed by atoms with Crippen molar-refractivity contribution in [3.63, 3.8) is 0 Å². The highest BCUT2D eigenvalue weighted by molar-refractivity contribution is 7.15. The molecule has 1 aromatic carbocycles. The fourth-order valence-electron chi connectivity index (χ4n) is 2.30. The Kier molecular flexibility index (Phi) is 5.72. The summed E-state index contributed by atoms with van der Waals surface area (Å²) in [5.74, 6) is 1.02. The summed E-state index contributed by atoms with van der Waals surface area (Å²) >= 11 is 7.62. The molecule has 1 aromatic heterocycles. The molecule has 0 aliphatic carbocycles. The predicted molar refractivity (Wildman–Crippen MR) is 96.9 cm³/mol. The minimum Gasteiger partial charge on any atom is -0.486 e. The number of carbonyl (C=O) groups excluding carboxylic acids is 1. The SMILES string of the molecule is CN(C)CCc1nnc(NC(=O)Cc2cc3c(cc2Cl)OCCO3)s1. The number of amides is 1. The van der Waals surface area contributed by atoms with Gasteiger partial charge >= 0.3 is 0 Å². The molecule has 0 saturated heterocycles. The van der Waals surface area contributed by atoms with Crippen LogP contribution in [0.4, 0.5) is 5.13 Å². The fraction of sp³-hybridized carbons (Fsp3) is 0.438. The minimum atomic E-state index is -0.200. The van der Waals surface area contributed by atoms with Gasteiger partial charge in [0.1, 0.15) is 18.2 Å². The van der Waals surface area contributed by atoms with Crippen LogP contribution in [0, 0.1) is 0 Å². The Morgan fingerprint density at radius 1 is 1.28 bits per heavy atom. The number of anilines is 1. The summed E-state index contributed by atoms with van der Waals surface area (Å²) in [5.41, 5.74) is 0.681. The molecular weight excluding hydrogens is 364 g/mol. The van der Waals surface area contributed by atoms with Gasteiger partial charge < -0.3 is 19.7 Å². The van der Waals surface area contributed by atoms with Gasteiger partial charge in [0.15, 0.2) is 11.5 Å². The molecule has 1 aliphatic rings. The van der Waals surface area contributed by atoms with Crippen LogP contribution in [0.3, 0.4) is 0 Å². The summed E-state index contributed by atoms with van der Waals surface area (Å²) < 4.78 is 11.0. The van der Waals surface area contributed by atoms with Crippen molar-refractivity contribution in [2.75, 3.05) is 39.2 Å². The molecule has 0 radical (unpaired) electrons. The Morgan fingerprint density at radius 3 is 2.72 bits per heavy atom. The number of carbonyl (C=O) groups is 1. The van der Waals surface area contributed by atoms with Gasteiger partial charge in [0.05, 0.1) is 6.42 Å². The molecule has 9 heteroatoms. The van der Waals surface area contributed by atoms with Gasteiger partial charge in [-0.3, -0.25) is 4.79 Å². The summed E-state index contributed by atoms with van der Waals surface area (Å²) in [4.78, 5) is 14.3. The molecule has 2 aromatic rings. The summed E-state index contributed by atoms with van der Waals surface area (Å²) in [6, 6.07) is 3.43. The van der Waals surface area contributed by atoms with Crippen molar-refractivity contribution < 1.29 is 14.3 Å². The van der Waals surface area contributed by atoms with Crippen molar-refractivity contribution in [1.29, 1.82) is 0 Å². The summed E-state index contributed by atoms with van der Waals surface area (Å²) in [6.45, 7) is 1.87.